The molecule has 0 N–H and O–H groups in total. The van der Waals surface area contributed by atoms with Gasteiger partial charge in [0.1, 0.15) is 5.75 Å². The lowest BCUT2D eigenvalue weighted by atomic mass is 9.99. The summed E-state index contributed by atoms with van der Waals surface area (Å²) in [6.07, 6.45) is 0.966. The van der Waals surface area contributed by atoms with Gasteiger partial charge in [-0.2, -0.15) is 0 Å². The summed E-state index contributed by atoms with van der Waals surface area (Å²) in [5.41, 5.74) is 1.36. The second-order valence-corrected chi connectivity index (χ2v) is 3.80. The van der Waals surface area contributed by atoms with Crippen molar-refractivity contribution in [3.63, 3.8) is 0 Å². The monoisotopic (exact) mass is 208 g/mol. The number of hydrogen-bond acceptors (Lipinski definition) is 2. The van der Waals surface area contributed by atoms with Crippen molar-refractivity contribution >= 4 is 0 Å². The van der Waals surface area contributed by atoms with E-state index in [9.17, 15) is 0 Å². The molecule has 0 amide bonds. The molecular weight excluding hydrogens is 188 g/mol. The molecule has 84 valence electrons. The highest BCUT2D eigenvalue weighted by molar-refractivity contribution is 5.29. The zero-order valence-electron chi connectivity index (χ0n) is 9.99. The summed E-state index contributed by atoms with van der Waals surface area (Å²) in [7, 11) is 1.64. The van der Waals surface area contributed by atoms with Crippen LogP contribution in [0.3, 0.4) is 0 Å². The van der Waals surface area contributed by atoms with E-state index in [1.807, 2.05) is 19.1 Å². The van der Waals surface area contributed by atoms with E-state index >= 15 is 0 Å². The minimum Gasteiger partial charge on any atom is -0.465 e. The highest BCUT2D eigenvalue weighted by Crippen LogP contribution is 2.21. The third kappa shape index (κ3) is 3.56. The molecule has 0 radical (unpaired) electrons. The van der Waals surface area contributed by atoms with Crippen molar-refractivity contribution in [2.75, 3.05) is 7.11 Å². The Hall–Kier alpha value is -1.02. The van der Waals surface area contributed by atoms with E-state index in [0.29, 0.717) is 5.92 Å². The lowest BCUT2D eigenvalue weighted by molar-refractivity contribution is -0.0382. The molecular formula is C13H20O2. The molecule has 0 aromatic heterocycles. The first-order valence-electron chi connectivity index (χ1n) is 5.46. The molecule has 0 saturated heterocycles. The molecule has 0 aliphatic heterocycles. The molecule has 1 aromatic rings. The Labute approximate surface area is 92.2 Å². The molecule has 0 heterocycles. The van der Waals surface area contributed by atoms with Crippen molar-refractivity contribution in [1.29, 1.82) is 0 Å². The van der Waals surface area contributed by atoms with E-state index in [4.69, 9.17) is 9.47 Å². The Bertz CT molecular complexity index is 279. The van der Waals surface area contributed by atoms with Gasteiger partial charge in [0.05, 0.1) is 0 Å². The topological polar surface area (TPSA) is 18.5 Å². The van der Waals surface area contributed by atoms with E-state index in [1.54, 1.807) is 7.11 Å². The lowest BCUT2D eigenvalue weighted by Gasteiger charge is -2.14. The fourth-order valence-electron chi connectivity index (χ4n) is 1.35. The second kappa shape index (κ2) is 5.76. The van der Waals surface area contributed by atoms with Crippen molar-refractivity contribution in [2.45, 2.75) is 39.4 Å². The van der Waals surface area contributed by atoms with Gasteiger partial charge in [-0.3, -0.25) is 0 Å². The fraction of sp³-hybridized carbons (Fsp3) is 0.538. The summed E-state index contributed by atoms with van der Waals surface area (Å²) in [4.78, 5) is 0. The Kier molecular flexibility index (Phi) is 4.63. The third-order valence-electron chi connectivity index (χ3n) is 2.70. The Balaban J connectivity index is 2.64. The first kappa shape index (κ1) is 12.1. The van der Waals surface area contributed by atoms with Gasteiger partial charge < -0.3 is 9.47 Å². The van der Waals surface area contributed by atoms with Crippen LogP contribution in [0.25, 0.3) is 0 Å². The molecule has 2 unspecified atom stereocenters. The van der Waals surface area contributed by atoms with Crippen LogP contribution in [0.5, 0.6) is 5.75 Å². The first-order valence-corrected chi connectivity index (χ1v) is 5.46. The Morgan fingerprint density at radius 1 is 1.13 bits per heavy atom. The van der Waals surface area contributed by atoms with E-state index in [-0.39, 0.29) is 6.29 Å². The number of benzene rings is 1. The first-order chi connectivity index (χ1) is 7.17. The van der Waals surface area contributed by atoms with Gasteiger partial charge in [0, 0.05) is 7.11 Å². The van der Waals surface area contributed by atoms with Crippen LogP contribution in [0.15, 0.2) is 24.3 Å². The van der Waals surface area contributed by atoms with Crippen LogP contribution in [0.1, 0.15) is 38.7 Å². The number of rotatable bonds is 5. The summed E-state index contributed by atoms with van der Waals surface area (Å²) in [5, 5.41) is 0. The summed E-state index contributed by atoms with van der Waals surface area (Å²) in [6.45, 7) is 6.30. The summed E-state index contributed by atoms with van der Waals surface area (Å²) in [6, 6.07) is 8.23. The van der Waals surface area contributed by atoms with Crippen molar-refractivity contribution in [2.24, 2.45) is 0 Å². The van der Waals surface area contributed by atoms with Crippen LogP contribution >= 0.6 is 0 Å². The van der Waals surface area contributed by atoms with E-state index in [1.165, 1.54) is 5.56 Å². The molecule has 1 aromatic carbocycles. The fourth-order valence-corrected chi connectivity index (χ4v) is 1.35. The summed E-state index contributed by atoms with van der Waals surface area (Å²) < 4.78 is 10.5. The van der Waals surface area contributed by atoms with Crippen molar-refractivity contribution in [1.82, 2.24) is 0 Å². The third-order valence-corrected chi connectivity index (χ3v) is 2.70. The van der Waals surface area contributed by atoms with Gasteiger partial charge in [0.15, 0.2) is 6.29 Å². The molecule has 0 fully saturated rings. The maximum Gasteiger partial charge on any atom is 0.196 e. The predicted molar refractivity (Wildman–Crippen MR) is 62.2 cm³/mol. The zero-order chi connectivity index (χ0) is 11.3. The zero-order valence-corrected chi connectivity index (χ0v) is 9.99. The highest BCUT2D eigenvalue weighted by Gasteiger charge is 2.04. The minimum atomic E-state index is -0.195. The molecule has 0 aliphatic rings. The molecule has 0 spiro atoms. The van der Waals surface area contributed by atoms with Crippen molar-refractivity contribution < 1.29 is 9.47 Å². The van der Waals surface area contributed by atoms with Gasteiger partial charge in [-0.05, 0) is 37.0 Å². The van der Waals surface area contributed by atoms with Gasteiger partial charge >= 0.3 is 0 Å². The number of methoxy groups -OCH3 is 1. The average molecular weight is 208 g/mol. The van der Waals surface area contributed by atoms with Crippen LogP contribution in [-0.4, -0.2) is 13.4 Å². The standard InChI is InChI=1S/C13H20O2/c1-5-10(2)12-6-8-13(9-7-12)15-11(3)14-4/h6-11H,5H2,1-4H3. The van der Waals surface area contributed by atoms with Crippen LogP contribution in [-0.2, 0) is 4.74 Å². The van der Waals surface area contributed by atoms with Gasteiger partial charge in [-0.15, -0.1) is 0 Å². The summed E-state index contributed by atoms with van der Waals surface area (Å²) >= 11 is 0. The maximum atomic E-state index is 5.51. The van der Waals surface area contributed by atoms with Gasteiger partial charge in [-0.1, -0.05) is 26.0 Å². The van der Waals surface area contributed by atoms with E-state index in [2.05, 4.69) is 26.0 Å². The maximum absolute atomic E-state index is 5.51. The average Bonchev–Trinajstić information content (AvgIpc) is 2.29. The molecule has 2 atom stereocenters. The van der Waals surface area contributed by atoms with E-state index in [0.717, 1.165) is 12.2 Å². The Morgan fingerprint density at radius 3 is 2.20 bits per heavy atom. The minimum absolute atomic E-state index is 0.195. The summed E-state index contributed by atoms with van der Waals surface area (Å²) in [5.74, 6) is 1.47. The van der Waals surface area contributed by atoms with Crippen LogP contribution in [0, 0.1) is 0 Å². The Morgan fingerprint density at radius 2 is 1.73 bits per heavy atom. The highest BCUT2D eigenvalue weighted by atomic mass is 16.7. The SMILES string of the molecule is CCC(C)c1ccc(OC(C)OC)cc1. The van der Waals surface area contributed by atoms with Gasteiger partial charge in [0.2, 0.25) is 0 Å². The molecule has 2 heteroatoms. The molecule has 0 aliphatic carbocycles. The molecule has 15 heavy (non-hydrogen) atoms. The van der Waals surface area contributed by atoms with Crippen molar-refractivity contribution in [3.05, 3.63) is 29.8 Å². The van der Waals surface area contributed by atoms with Crippen molar-refractivity contribution in [3.8, 4) is 5.75 Å². The van der Waals surface area contributed by atoms with Crippen LogP contribution in [0.2, 0.25) is 0 Å². The molecule has 0 saturated carbocycles. The predicted octanol–water partition coefficient (Wildman–Crippen LogP) is 3.57. The van der Waals surface area contributed by atoms with Crippen LogP contribution in [0.4, 0.5) is 0 Å². The number of ether oxygens (including phenoxy) is 2. The normalized spacial score (nSPS) is 14.7. The number of hydrogen-bond donors (Lipinski definition) is 0. The van der Waals surface area contributed by atoms with Gasteiger partial charge in [-0.25, -0.2) is 0 Å². The largest absolute Gasteiger partial charge is 0.465 e. The lowest BCUT2D eigenvalue weighted by Crippen LogP contribution is -2.13. The molecule has 0 bridgehead atoms. The second-order valence-electron chi connectivity index (χ2n) is 3.80. The molecule has 1 rings (SSSR count). The quantitative estimate of drug-likeness (QED) is 0.689. The van der Waals surface area contributed by atoms with Crippen LogP contribution < -0.4 is 4.74 Å². The van der Waals surface area contributed by atoms with E-state index < -0.39 is 0 Å². The molecule has 2 nitrogen and oxygen atoms in total. The smallest absolute Gasteiger partial charge is 0.196 e. The van der Waals surface area contributed by atoms with Gasteiger partial charge in [0.25, 0.3) is 0 Å².